The van der Waals surface area contributed by atoms with Gasteiger partial charge in [0.2, 0.25) is 5.88 Å². The Morgan fingerprint density at radius 1 is 1.02 bits per heavy atom. The fourth-order valence-corrected chi connectivity index (χ4v) is 4.13. The molecule has 1 N–H and O–H groups in total. The highest BCUT2D eigenvalue weighted by molar-refractivity contribution is 5.91. The van der Waals surface area contributed by atoms with E-state index in [9.17, 15) is 41.7 Å². The number of aromatic nitrogens is 1. The molecular formula is C29H29F5N4O7. The molecule has 1 aromatic heterocycles. The summed E-state index contributed by atoms with van der Waals surface area (Å²) in [6.45, 7) is 4.02. The zero-order valence-corrected chi connectivity index (χ0v) is 24.8. The average molecular weight is 641 g/mol. The molecule has 242 valence electrons. The molecule has 3 rings (SSSR count). The maximum Gasteiger partial charge on any atom is 0.421 e. The third-order valence-electron chi connectivity index (χ3n) is 6.13. The molecule has 0 radical (unpaired) electrons. The van der Waals surface area contributed by atoms with Crippen LogP contribution in [0.5, 0.6) is 5.88 Å². The van der Waals surface area contributed by atoms with E-state index in [-0.39, 0.29) is 41.5 Å². The number of hydrogen-bond donors (Lipinski definition) is 1. The van der Waals surface area contributed by atoms with Crippen LogP contribution >= 0.6 is 0 Å². The van der Waals surface area contributed by atoms with Gasteiger partial charge in [0.1, 0.15) is 22.7 Å². The van der Waals surface area contributed by atoms with E-state index in [4.69, 9.17) is 9.47 Å². The standard InChI is InChI=1S/C29H29F5N4O7/c1-28(2,3)45-27(40)37(13-12-20-22(38(41)42)10-11-23(36-20)43-4)15-16-14-17(30)6-8-19(16)35-21-9-7-18(26(39)44-5)25(31)24(21)29(32,33)34/h6-11,14,35H,12-13,15H2,1-5H3. The summed E-state index contributed by atoms with van der Waals surface area (Å²) >= 11 is 0. The Hall–Kier alpha value is -5.02. The van der Waals surface area contributed by atoms with Gasteiger partial charge in [-0.1, -0.05) is 0 Å². The van der Waals surface area contributed by atoms with Gasteiger partial charge in [-0.15, -0.1) is 0 Å². The van der Waals surface area contributed by atoms with Crippen LogP contribution in [0.4, 0.5) is 43.8 Å². The molecule has 0 bridgehead atoms. The summed E-state index contributed by atoms with van der Waals surface area (Å²) in [5.74, 6) is -3.95. The lowest BCUT2D eigenvalue weighted by Gasteiger charge is -2.28. The van der Waals surface area contributed by atoms with Crippen molar-refractivity contribution in [1.82, 2.24) is 9.88 Å². The second-order valence-electron chi connectivity index (χ2n) is 10.5. The fourth-order valence-electron chi connectivity index (χ4n) is 4.13. The number of esters is 1. The average Bonchev–Trinajstić information content (AvgIpc) is 2.94. The van der Waals surface area contributed by atoms with Gasteiger partial charge in [-0.05, 0) is 56.7 Å². The van der Waals surface area contributed by atoms with Crippen LogP contribution < -0.4 is 10.1 Å². The molecule has 0 fully saturated rings. The summed E-state index contributed by atoms with van der Waals surface area (Å²) in [5.41, 5.74) is -5.16. The molecule has 0 aliphatic carbocycles. The summed E-state index contributed by atoms with van der Waals surface area (Å²) in [4.78, 5) is 41.1. The summed E-state index contributed by atoms with van der Waals surface area (Å²) in [7, 11) is 2.19. The van der Waals surface area contributed by atoms with Gasteiger partial charge in [-0.3, -0.25) is 10.1 Å². The van der Waals surface area contributed by atoms with Gasteiger partial charge >= 0.3 is 18.2 Å². The molecule has 1 heterocycles. The third-order valence-corrected chi connectivity index (χ3v) is 6.13. The molecule has 0 spiro atoms. The minimum absolute atomic E-state index is 0.0403. The van der Waals surface area contributed by atoms with E-state index >= 15 is 0 Å². The van der Waals surface area contributed by atoms with Crippen molar-refractivity contribution in [1.29, 1.82) is 0 Å². The van der Waals surface area contributed by atoms with Crippen molar-refractivity contribution in [2.75, 3.05) is 26.1 Å². The number of nitrogens with zero attached hydrogens (tertiary/aromatic N) is 3. The minimum Gasteiger partial charge on any atom is -0.481 e. The van der Waals surface area contributed by atoms with Crippen molar-refractivity contribution in [3.05, 3.63) is 86.6 Å². The predicted octanol–water partition coefficient (Wildman–Crippen LogP) is 6.81. The number of halogens is 5. The highest BCUT2D eigenvalue weighted by Crippen LogP contribution is 2.40. The van der Waals surface area contributed by atoms with E-state index in [0.717, 1.165) is 42.3 Å². The van der Waals surface area contributed by atoms with Crippen molar-refractivity contribution in [2.24, 2.45) is 0 Å². The molecule has 0 aliphatic rings. The Bertz CT molecular complexity index is 1590. The van der Waals surface area contributed by atoms with E-state index in [1.54, 1.807) is 20.8 Å². The monoisotopic (exact) mass is 640 g/mol. The number of hydrogen-bond acceptors (Lipinski definition) is 9. The number of carbonyl (C=O) groups is 2. The zero-order valence-electron chi connectivity index (χ0n) is 24.8. The highest BCUT2D eigenvalue weighted by atomic mass is 19.4. The van der Waals surface area contributed by atoms with Crippen molar-refractivity contribution >= 4 is 29.1 Å². The van der Waals surface area contributed by atoms with Crippen LogP contribution in [0.15, 0.2) is 42.5 Å². The SMILES string of the molecule is COC(=O)c1ccc(Nc2ccc(F)cc2CN(CCc2nc(OC)ccc2[N+](=O)[O-])C(=O)OC(C)(C)C)c(C(F)(F)F)c1F. The van der Waals surface area contributed by atoms with Gasteiger partial charge in [0.05, 0.1) is 36.9 Å². The van der Waals surface area contributed by atoms with E-state index in [1.165, 1.54) is 19.2 Å². The summed E-state index contributed by atoms with van der Waals surface area (Å²) in [6.07, 6.45) is -6.38. The lowest BCUT2D eigenvalue weighted by molar-refractivity contribution is -0.386. The molecular weight excluding hydrogens is 611 g/mol. The molecule has 11 nitrogen and oxygen atoms in total. The van der Waals surface area contributed by atoms with E-state index in [1.807, 2.05) is 0 Å². The number of nitrogens with one attached hydrogen (secondary N) is 1. The fraction of sp³-hybridized carbons (Fsp3) is 0.345. The Balaban J connectivity index is 2.05. The van der Waals surface area contributed by atoms with E-state index in [0.29, 0.717) is 0 Å². The number of nitro groups is 1. The number of benzene rings is 2. The van der Waals surface area contributed by atoms with Crippen molar-refractivity contribution in [3.63, 3.8) is 0 Å². The number of methoxy groups -OCH3 is 2. The quantitative estimate of drug-likeness (QED) is 0.110. The number of pyridine rings is 1. The largest absolute Gasteiger partial charge is 0.481 e. The van der Waals surface area contributed by atoms with Crippen LogP contribution in [-0.2, 0) is 28.6 Å². The number of amides is 1. The minimum atomic E-state index is -5.27. The Morgan fingerprint density at radius 3 is 2.27 bits per heavy atom. The topological polar surface area (TPSA) is 133 Å². The molecule has 0 saturated carbocycles. The maximum atomic E-state index is 15.0. The van der Waals surface area contributed by atoms with Gasteiger partial charge in [-0.25, -0.2) is 23.4 Å². The first-order valence-corrected chi connectivity index (χ1v) is 13.1. The molecule has 1 amide bonds. The molecule has 2 aromatic carbocycles. The maximum absolute atomic E-state index is 15.0. The first kappa shape index (κ1) is 34.5. The highest BCUT2D eigenvalue weighted by Gasteiger charge is 2.39. The van der Waals surface area contributed by atoms with Gasteiger partial charge < -0.3 is 24.4 Å². The van der Waals surface area contributed by atoms with Crippen LogP contribution in [0, 0.1) is 21.7 Å². The van der Waals surface area contributed by atoms with Crippen LogP contribution in [-0.4, -0.2) is 53.2 Å². The van der Waals surface area contributed by atoms with Gasteiger partial charge in [-0.2, -0.15) is 13.2 Å². The number of ether oxygens (including phenoxy) is 3. The number of carbonyl (C=O) groups excluding carboxylic acids is 2. The third kappa shape index (κ3) is 8.77. The van der Waals surface area contributed by atoms with Crippen LogP contribution in [0.25, 0.3) is 0 Å². The summed E-state index contributed by atoms with van der Waals surface area (Å²) in [6, 6.07) is 7.02. The Morgan fingerprint density at radius 2 is 1.69 bits per heavy atom. The molecule has 3 aromatic rings. The summed E-state index contributed by atoms with van der Waals surface area (Å²) < 4.78 is 86.2. The number of rotatable bonds is 10. The van der Waals surface area contributed by atoms with Crippen LogP contribution in [0.3, 0.4) is 0 Å². The predicted molar refractivity (Wildman–Crippen MR) is 150 cm³/mol. The molecule has 0 saturated heterocycles. The lowest BCUT2D eigenvalue weighted by Crippen LogP contribution is -2.38. The van der Waals surface area contributed by atoms with Crippen LogP contribution in [0.1, 0.15) is 48.0 Å². The van der Waals surface area contributed by atoms with Crippen molar-refractivity contribution in [3.8, 4) is 5.88 Å². The van der Waals surface area contributed by atoms with E-state index < -0.39 is 63.8 Å². The smallest absolute Gasteiger partial charge is 0.421 e. The first-order valence-electron chi connectivity index (χ1n) is 13.1. The van der Waals surface area contributed by atoms with Gasteiger partial charge in [0.15, 0.2) is 5.82 Å². The van der Waals surface area contributed by atoms with Crippen molar-refractivity contribution < 1.29 is 50.7 Å². The second kappa shape index (κ2) is 13.7. The van der Waals surface area contributed by atoms with E-state index in [2.05, 4.69) is 15.0 Å². The molecule has 0 atom stereocenters. The summed E-state index contributed by atoms with van der Waals surface area (Å²) in [5, 5.41) is 14.0. The Labute approximate surface area is 254 Å². The normalized spacial score (nSPS) is 11.5. The molecule has 45 heavy (non-hydrogen) atoms. The molecule has 0 aliphatic heterocycles. The Kier molecular flexibility index (Phi) is 10.5. The van der Waals surface area contributed by atoms with Gasteiger partial charge in [0, 0.05) is 30.8 Å². The zero-order chi connectivity index (χ0) is 33.7. The first-order chi connectivity index (χ1) is 20.9. The number of alkyl halides is 3. The van der Waals surface area contributed by atoms with Crippen LogP contribution in [0.2, 0.25) is 0 Å². The van der Waals surface area contributed by atoms with Crippen molar-refractivity contribution in [2.45, 2.75) is 45.5 Å². The van der Waals surface area contributed by atoms with Gasteiger partial charge in [0.25, 0.3) is 5.69 Å². The molecule has 16 heteroatoms. The lowest BCUT2D eigenvalue weighted by atomic mass is 10.0. The second-order valence-corrected chi connectivity index (χ2v) is 10.5. The molecule has 0 unspecified atom stereocenters. The number of anilines is 2.